The maximum Gasteiger partial charge on any atom is 0.311 e. The number of carbonyl (C=O) groups is 2. The van der Waals surface area contributed by atoms with Gasteiger partial charge in [-0.3, -0.25) is 9.59 Å². The molecule has 0 saturated carbocycles. The molecule has 1 atom stereocenters. The highest BCUT2D eigenvalue weighted by molar-refractivity contribution is 5.74. The van der Waals surface area contributed by atoms with Crippen LogP contribution in [-0.2, 0) is 9.59 Å². The molecule has 2 rings (SSSR count). The van der Waals surface area contributed by atoms with Gasteiger partial charge in [-0.2, -0.15) is 0 Å². The number of esters is 2. The minimum Gasteiger partial charge on any atom is -0.427 e. The van der Waals surface area contributed by atoms with Crippen LogP contribution in [0.4, 0.5) is 0 Å². The van der Waals surface area contributed by atoms with Crippen molar-refractivity contribution in [3.05, 3.63) is 48.5 Å². The Kier molecular flexibility index (Phi) is 7.39. The Morgan fingerprint density at radius 2 is 1.27 bits per heavy atom. The highest BCUT2D eigenvalue weighted by atomic mass is 16.5. The van der Waals surface area contributed by atoms with Gasteiger partial charge < -0.3 is 9.47 Å². The van der Waals surface area contributed by atoms with Crippen LogP contribution in [0.1, 0.15) is 46.5 Å². The largest absolute Gasteiger partial charge is 0.427 e. The highest BCUT2D eigenvalue weighted by Crippen LogP contribution is 2.25. The summed E-state index contributed by atoms with van der Waals surface area (Å²) in [5.74, 6) is 0.996. The van der Waals surface area contributed by atoms with Crippen LogP contribution in [0.3, 0.4) is 0 Å². The van der Waals surface area contributed by atoms with Crippen molar-refractivity contribution in [3.63, 3.8) is 0 Å². The molecular formula is C22H26O4. The van der Waals surface area contributed by atoms with Gasteiger partial charge in [0.1, 0.15) is 11.5 Å². The van der Waals surface area contributed by atoms with Crippen LogP contribution in [-0.4, -0.2) is 11.9 Å². The van der Waals surface area contributed by atoms with Gasteiger partial charge in [-0.25, -0.2) is 0 Å². The number of ether oxygens (including phenoxy) is 2. The molecule has 0 aliphatic rings. The Bertz CT molecular complexity index is 717. The third-order valence-corrected chi connectivity index (χ3v) is 4.17. The Morgan fingerprint density at radius 1 is 0.808 bits per heavy atom. The van der Waals surface area contributed by atoms with E-state index in [0.29, 0.717) is 30.3 Å². The van der Waals surface area contributed by atoms with Crippen molar-refractivity contribution in [1.82, 2.24) is 0 Å². The monoisotopic (exact) mass is 354 g/mol. The summed E-state index contributed by atoms with van der Waals surface area (Å²) in [6.45, 7) is 6.03. The highest BCUT2D eigenvalue weighted by Gasteiger charge is 2.10. The molecule has 26 heavy (non-hydrogen) atoms. The zero-order valence-corrected chi connectivity index (χ0v) is 15.7. The molecule has 0 N–H and O–H groups in total. The summed E-state index contributed by atoms with van der Waals surface area (Å²) in [5, 5.41) is 0. The number of carbonyl (C=O) groups excluding carboxylic acids is 2. The van der Waals surface area contributed by atoms with Gasteiger partial charge in [0.05, 0.1) is 0 Å². The molecule has 4 heteroatoms. The third kappa shape index (κ3) is 6.03. The Balaban J connectivity index is 1.97. The quantitative estimate of drug-likeness (QED) is 0.470. The predicted molar refractivity (Wildman–Crippen MR) is 102 cm³/mol. The Hall–Kier alpha value is -2.62. The zero-order valence-electron chi connectivity index (χ0n) is 15.7. The van der Waals surface area contributed by atoms with Crippen LogP contribution in [0.15, 0.2) is 48.5 Å². The van der Waals surface area contributed by atoms with E-state index in [1.807, 2.05) is 38.1 Å². The van der Waals surface area contributed by atoms with Crippen LogP contribution in [0, 0.1) is 5.92 Å². The first-order chi connectivity index (χ1) is 12.5. The SMILES string of the molecule is CCCC(=O)Oc1ccc(-c2ccc(OC(=O)CC(C)CC)cc2)cc1. The minimum atomic E-state index is -0.219. The first kappa shape index (κ1) is 19.7. The topological polar surface area (TPSA) is 52.6 Å². The molecule has 0 aliphatic heterocycles. The zero-order chi connectivity index (χ0) is 18.9. The molecule has 0 spiro atoms. The summed E-state index contributed by atoms with van der Waals surface area (Å²) in [6, 6.07) is 14.8. The van der Waals surface area contributed by atoms with E-state index in [2.05, 4.69) is 6.92 Å². The lowest BCUT2D eigenvalue weighted by Gasteiger charge is -2.09. The van der Waals surface area contributed by atoms with E-state index < -0.39 is 0 Å². The molecule has 0 heterocycles. The third-order valence-electron chi connectivity index (χ3n) is 4.17. The standard InChI is InChI=1S/C22H26O4/c1-4-6-21(23)25-19-11-7-17(8-12-19)18-9-13-20(14-10-18)26-22(24)15-16(3)5-2/h7-14,16H,4-6,15H2,1-3H3. The first-order valence-electron chi connectivity index (χ1n) is 9.13. The fourth-order valence-corrected chi connectivity index (χ4v) is 2.42. The maximum atomic E-state index is 11.8. The van der Waals surface area contributed by atoms with Gasteiger partial charge in [-0.05, 0) is 47.7 Å². The van der Waals surface area contributed by atoms with E-state index >= 15 is 0 Å². The second-order valence-electron chi connectivity index (χ2n) is 6.46. The van der Waals surface area contributed by atoms with Gasteiger partial charge in [0.15, 0.2) is 0 Å². The number of rotatable bonds is 8. The van der Waals surface area contributed by atoms with Crippen molar-refractivity contribution in [2.45, 2.75) is 46.5 Å². The molecule has 0 radical (unpaired) electrons. The number of hydrogen-bond acceptors (Lipinski definition) is 4. The van der Waals surface area contributed by atoms with Crippen molar-refractivity contribution in [3.8, 4) is 22.6 Å². The molecule has 138 valence electrons. The number of benzene rings is 2. The van der Waals surface area contributed by atoms with Crippen molar-refractivity contribution < 1.29 is 19.1 Å². The van der Waals surface area contributed by atoms with Crippen LogP contribution in [0.5, 0.6) is 11.5 Å². The van der Waals surface area contributed by atoms with Gasteiger partial charge in [-0.15, -0.1) is 0 Å². The van der Waals surface area contributed by atoms with E-state index in [9.17, 15) is 9.59 Å². The summed E-state index contributed by atoms with van der Waals surface area (Å²) in [7, 11) is 0. The van der Waals surface area contributed by atoms with E-state index in [1.165, 1.54) is 0 Å². The first-order valence-corrected chi connectivity index (χ1v) is 9.13. The molecule has 1 unspecified atom stereocenters. The smallest absolute Gasteiger partial charge is 0.311 e. The summed E-state index contributed by atoms with van der Waals surface area (Å²) < 4.78 is 10.6. The summed E-state index contributed by atoms with van der Waals surface area (Å²) >= 11 is 0. The van der Waals surface area contributed by atoms with Gasteiger partial charge in [-0.1, -0.05) is 51.5 Å². The molecule has 0 fully saturated rings. The summed E-state index contributed by atoms with van der Waals surface area (Å²) in [6.07, 6.45) is 2.57. The van der Waals surface area contributed by atoms with Crippen LogP contribution < -0.4 is 9.47 Å². The lowest BCUT2D eigenvalue weighted by molar-refractivity contribution is -0.135. The van der Waals surface area contributed by atoms with Gasteiger partial charge >= 0.3 is 11.9 Å². The maximum absolute atomic E-state index is 11.8. The molecule has 0 amide bonds. The minimum absolute atomic E-state index is 0.203. The molecule has 2 aromatic rings. The van der Waals surface area contributed by atoms with Crippen LogP contribution in [0.2, 0.25) is 0 Å². The van der Waals surface area contributed by atoms with Crippen molar-refractivity contribution >= 4 is 11.9 Å². The van der Waals surface area contributed by atoms with Gasteiger partial charge in [0, 0.05) is 12.8 Å². The molecule has 4 nitrogen and oxygen atoms in total. The van der Waals surface area contributed by atoms with E-state index in [-0.39, 0.29) is 11.9 Å². The average molecular weight is 354 g/mol. The lowest BCUT2D eigenvalue weighted by atomic mass is 10.1. The second kappa shape index (κ2) is 9.76. The van der Waals surface area contributed by atoms with Gasteiger partial charge in [0.2, 0.25) is 0 Å². The molecule has 2 aromatic carbocycles. The summed E-state index contributed by atoms with van der Waals surface area (Å²) in [4.78, 5) is 23.4. The molecule has 0 bridgehead atoms. The molecule has 0 saturated heterocycles. The normalized spacial score (nSPS) is 11.7. The van der Waals surface area contributed by atoms with Crippen molar-refractivity contribution in [2.24, 2.45) is 5.92 Å². The van der Waals surface area contributed by atoms with Crippen LogP contribution in [0.25, 0.3) is 11.1 Å². The number of hydrogen-bond donors (Lipinski definition) is 0. The molecular weight excluding hydrogens is 328 g/mol. The van der Waals surface area contributed by atoms with Crippen molar-refractivity contribution in [1.29, 1.82) is 0 Å². The fraction of sp³-hybridized carbons (Fsp3) is 0.364. The van der Waals surface area contributed by atoms with E-state index in [4.69, 9.17) is 9.47 Å². The van der Waals surface area contributed by atoms with Crippen LogP contribution >= 0.6 is 0 Å². The lowest BCUT2D eigenvalue weighted by Crippen LogP contribution is -2.11. The average Bonchev–Trinajstić information content (AvgIpc) is 2.63. The van der Waals surface area contributed by atoms with Crippen molar-refractivity contribution in [2.75, 3.05) is 0 Å². The Morgan fingerprint density at radius 3 is 1.69 bits per heavy atom. The Labute approximate surface area is 155 Å². The summed E-state index contributed by atoms with van der Waals surface area (Å²) in [5.41, 5.74) is 2.00. The predicted octanol–water partition coefficient (Wildman–Crippen LogP) is 5.40. The fourth-order valence-electron chi connectivity index (χ4n) is 2.42. The molecule has 0 aliphatic carbocycles. The van der Waals surface area contributed by atoms with E-state index in [1.54, 1.807) is 24.3 Å². The van der Waals surface area contributed by atoms with Gasteiger partial charge in [0.25, 0.3) is 0 Å². The second-order valence-corrected chi connectivity index (χ2v) is 6.46. The molecule has 0 aromatic heterocycles. The van der Waals surface area contributed by atoms with E-state index in [0.717, 1.165) is 24.0 Å².